The molecule has 6 rings (SSSR count). The fraction of sp³-hybridized carbons (Fsp3) is 0.452. The zero-order valence-electron chi connectivity index (χ0n) is 24.0. The number of nitrogens with one attached hydrogen (secondary N) is 2. The molecule has 1 saturated heterocycles. The van der Waals surface area contributed by atoms with E-state index in [1.807, 2.05) is 36.5 Å². The minimum atomic E-state index is -0.811. The molecule has 0 unspecified atom stereocenters. The van der Waals surface area contributed by atoms with Gasteiger partial charge in [-0.05, 0) is 43.0 Å². The minimum Gasteiger partial charge on any atom is -0.492 e. The average molecular weight is 609 g/mol. The number of amides is 3. The van der Waals surface area contributed by atoms with Crippen LogP contribution in [-0.4, -0.2) is 76.6 Å². The Labute approximate surface area is 255 Å². The van der Waals surface area contributed by atoms with Crippen LogP contribution in [-0.2, 0) is 33.8 Å². The molecule has 0 radical (unpaired) electrons. The van der Waals surface area contributed by atoms with Gasteiger partial charge in [0.05, 0.1) is 24.4 Å². The SMILES string of the molecule is O=C1N[C@@H](Cc2ccccc2)C(=O)NCCCN(C(=O)C2CCOCC2)Cc2cn(nn2)CCCOc2ccc1cc2Cl. The monoisotopic (exact) mass is 608 g/mol. The third-order valence-corrected chi connectivity index (χ3v) is 7.91. The maximum Gasteiger partial charge on any atom is 0.251 e. The molecule has 1 atom stereocenters. The van der Waals surface area contributed by atoms with Gasteiger partial charge in [0.15, 0.2) is 0 Å². The molecule has 0 saturated carbocycles. The van der Waals surface area contributed by atoms with E-state index in [1.54, 1.807) is 27.8 Å². The van der Waals surface area contributed by atoms with Gasteiger partial charge in [-0.1, -0.05) is 47.1 Å². The van der Waals surface area contributed by atoms with Crippen LogP contribution in [0.4, 0.5) is 0 Å². The summed E-state index contributed by atoms with van der Waals surface area (Å²) < 4.78 is 13.0. The predicted molar refractivity (Wildman–Crippen MR) is 160 cm³/mol. The van der Waals surface area contributed by atoms with Crippen molar-refractivity contribution in [1.82, 2.24) is 30.5 Å². The molecule has 3 aliphatic heterocycles. The molecule has 228 valence electrons. The van der Waals surface area contributed by atoms with Crippen LogP contribution in [0.15, 0.2) is 54.7 Å². The number of ether oxygens (including phenoxy) is 2. The van der Waals surface area contributed by atoms with E-state index in [0.717, 1.165) is 5.56 Å². The molecular formula is C31H37ClN6O5. The number of rotatable bonds is 3. The molecule has 3 aliphatic rings. The summed E-state index contributed by atoms with van der Waals surface area (Å²) in [5.41, 5.74) is 1.93. The van der Waals surface area contributed by atoms with Crippen molar-refractivity contribution in [2.75, 3.05) is 32.9 Å². The molecule has 1 aromatic heterocycles. The van der Waals surface area contributed by atoms with E-state index in [-0.39, 0.29) is 17.7 Å². The maximum atomic E-state index is 13.5. The van der Waals surface area contributed by atoms with Crippen LogP contribution in [0.3, 0.4) is 0 Å². The lowest BCUT2D eigenvalue weighted by Gasteiger charge is -2.29. The van der Waals surface area contributed by atoms with Crippen LogP contribution in [0.2, 0.25) is 5.02 Å². The Morgan fingerprint density at radius 2 is 1.84 bits per heavy atom. The zero-order valence-corrected chi connectivity index (χ0v) is 24.8. The van der Waals surface area contributed by atoms with Gasteiger partial charge in [-0.3, -0.25) is 19.1 Å². The molecular weight excluding hydrogens is 572 g/mol. The number of fused-ring (bicyclic) bond motifs is 14. The largest absolute Gasteiger partial charge is 0.492 e. The third-order valence-electron chi connectivity index (χ3n) is 7.61. The standard InChI is InChI=1S/C31H37ClN6O5/c32-26-19-24-8-9-28(26)43-15-5-14-38-21-25(35-36-38)20-37(31(41)23-10-16-42-17-11-23)13-4-12-33-30(40)27(34-29(24)39)18-22-6-2-1-3-7-22/h1-3,6-9,19,21,23,27H,4-5,10-18,20H2,(H,33,40)(H,34,39)/t27-/m0/s1. The number of benzene rings is 2. The lowest BCUT2D eigenvalue weighted by atomic mass is 9.98. The van der Waals surface area contributed by atoms with E-state index in [4.69, 9.17) is 21.1 Å². The van der Waals surface area contributed by atoms with Crippen LogP contribution >= 0.6 is 11.6 Å². The number of carbonyl (C=O) groups excluding carboxylic acids is 3. The highest BCUT2D eigenvalue weighted by atomic mass is 35.5. The van der Waals surface area contributed by atoms with Crippen LogP contribution in [0.1, 0.15) is 47.3 Å². The summed E-state index contributed by atoms with van der Waals surface area (Å²) in [5, 5.41) is 14.7. The summed E-state index contributed by atoms with van der Waals surface area (Å²) in [6.45, 7) is 3.21. The van der Waals surface area contributed by atoms with E-state index in [0.29, 0.717) is 100 Å². The molecule has 43 heavy (non-hydrogen) atoms. The Hall–Kier alpha value is -3.96. The molecule has 3 aromatic rings. The Balaban J connectivity index is 1.34. The van der Waals surface area contributed by atoms with Crippen molar-refractivity contribution in [2.24, 2.45) is 5.92 Å². The normalized spacial score (nSPS) is 19.6. The molecule has 1 fully saturated rings. The number of hydrogen-bond acceptors (Lipinski definition) is 7. The Bertz CT molecular complexity index is 1390. The smallest absolute Gasteiger partial charge is 0.251 e. The summed E-state index contributed by atoms with van der Waals surface area (Å²) in [6, 6.07) is 13.5. The molecule has 4 heterocycles. The number of halogens is 1. The van der Waals surface area contributed by atoms with E-state index < -0.39 is 11.9 Å². The number of carbonyl (C=O) groups is 3. The lowest BCUT2D eigenvalue weighted by Crippen LogP contribution is -2.48. The van der Waals surface area contributed by atoms with Gasteiger partial charge in [0.25, 0.3) is 5.91 Å². The molecule has 0 spiro atoms. The van der Waals surface area contributed by atoms with Crippen LogP contribution in [0.5, 0.6) is 5.75 Å². The molecule has 3 amide bonds. The fourth-order valence-corrected chi connectivity index (χ4v) is 5.49. The molecule has 11 nitrogen and oxygen atoms in total. The van der Waals surface area contributed by atoms with Crippen molar-refractivity contribution in [3.8, 4) is 5.75 Å². The van der Waals surface area contributed by atoms with E-state index in [1.165, 1.54) is 0 Å². The van der Waals surface area contributed by atoms with Crippen molar-refractivity contribution >= 4 is 29.3 Å². The van der Waals surface area contributed by atoms with Crippen molar-refractivity contribution in [1.29, 1.82) is 0 Å². The van der Waals surface area contributed by atoms with Gasteiger partial charge in [-0.2, -0.15) is 0 Å². The van der Waals surface area contributed by atoms with E-state index in [9.17, 15) is 14.4 Å². The summed E-state index contributed by atoms with van der Waals surface area (Å²) >= 11 is 6.44. The van der Waals surface area contributed by atoms with Crippen LogP contribution in [0.25, 0.3) is 0 Å². The van der Waals surface area contributed by atoms with Gasteiger partial charge in [0.1, 0.15) is 17.5 Å². The first-order valence-corrected chi connectivity index (χ1v) is 15.1. The quantitative estimate of drug-likeness (QED) is 0.468. The van der Waals surface area contributed by atoms with Gasteiger partial charge < -0.3 is 25.0 Å². The van der Waals surface area contributed by atoms with Crippen molar-refractivity contribution in [3.63, 3.8) is 0 Å². The van der Waals surface area contributed by atoms with Gasteiger partial charge in [-0.25, -0.2) is 0 Å². The first-order chi connectivity index (χ1) is 21.0. The Morgan fingerprint density at radius 3 is 2.63 bits per heavy atom. The molecule has 0 aliphatic carbocycles. The lowest BCUT2D eigenvalue weighted by molar-refractivity contribution is -0.139. The van der Waals surface area contributed by atoms with Crippen molar-refractivity contribution in [3.05, 3.63) is 76.6 Å². The first-order valence-electron chi connectivity index (χ1n) is 14.8. The second-order valence-electron chi connectivity index (χ2n) is 10.8. The number of hydrogen-bond donors (Lipinski definition) is 2. The molecule has 2 aromatic carbocycles. The second kappa shape index (κ2) is 15.0. The van der Waals surface area contributed by atoms with Crippen molar-refractivity contribution in [2.45, 2.75) is 51.2 Å². The summed E-state index contributed by atoms with van der Waals surface area (Å²) in [6.07, 6.45) is 4.73. The second-order valence-corrected chi connectivity index (χ2v) is 11.2. The van der Waals surface area contributed by atoms with E-state index >= 15 is 0 Å². The highest BCUT2D eigenvalue weighted by molar-refractivity contribution is 6.32. The van der Waals surface area contributed by atoms with Gasteiger partial charge in [0.2, 0.25) is 11.8 Å². The molecule has 4 bridgehead atoms. The van der Waals surface area contributed by atoms with Crippen molar-refractivity contribution < 1.29 is 23.9 Å². The summed E-state index contributed by atoms with van der Waals surface area (Å²) in [7, 11) is 0. The Morgan fingerprint density at radius 1 is 1.02 bits per heavy atom. The zero-order chi connectivity index (χ0) is 30.0. The number of aryl methyl sites for hydroxylation is 1. The Kier molecular flexibility index (Phi) is 10.6. The van der Waals surface area contributed by atoms with Gasteiger partial charge >= 0.3 is 0 Å². The average Bonchev–Trinajstić information content (AvgIpc) is 3.48. The van der Waals surface area contributed by atoms with Crippen LogP contribution in [0, 0.1) is 5.92 Å². The van der Waals surface area contributed by atoms with E-state index in [2.05, 4.69) is 20.9 Å². The predicted octanol–water partition coefficient (Wildman–Crippen LogP) is 3.02. The van der Waals surface area contributed by atoms with Crippen LogP contribution < -0.4 is 15.4 Å². The number of nitrogens with zero attached hydrogens (tertiary/aromatic N) is 4. The third kappa shape index (κ3) is 8.55. The molecule has 2 N–H and O–H groups in total. The highest BCUT2D eigenvalue weighted by Crippen LogP contribution is 2.26. The first kappa shape index (κ1) is 30.5. The summed E-state index contributed by atoms with van der Waals surface area (Å²) in [5.74, 6) is -0.296. The van der Waals surface area contributed by atoms with Gasteiger partial charge in [-0.15, -0.1) is 5.10 Å². The summed E-state index contributed by atoms with van der Waals surface area (Å²) in [4.78, 5) is 41.8. The highest BCUT2D eigenvalue weighted by Gasteiger charge is 2.27. The minimum absolute atomic E-state index is 0.0617. The molecule has 12 heteroatoms. The number of aromatic nitrogens is 3. The fourth-order valence-electron chi connectivity index (χ4n) is 5.26. The maximum absolute atomic E-state index is 13.5. The van der Waals surface area contributed by atoms with Gasteiger partial charge in [0, 0.05) is 57.2 Å². The topological polar surface area (TPSA) is 128 Å².